The predicted octanol–water partition coefficient (Wildman–Crippen LogP) is 4.46. The molecule has 2 heterocycles. The molecule has 0 radical (unpaired) electrons. The van der Waals surface area contributed by atoms with Gasteiger partial charge in [-0.05, 0) is 42.7 Å². The second-order valence-electron chi connectivity index (χ2n) is 7.59. The largest absolute Gasteiger partial charge is 0.467 e. The Hall–Kier alpha value is -2.21. The number of hydrogen-bond acceptors (Lipinski definition) is 4. The van der Waals surface area contributed by atoms with Crippen molar-refractivity contribution in [3.63, 3.8) is 0 Å². The van der Waals surface area contributed by atoms with Gasteiger partial charge >= 0.3 is 0 Å². The molecule has 6 heteroatoms. The molecule has 1 atom stereocenters. The van der Waals surface area contributed by atoms with Crippen molar-refractivity contribution in [2.75, 3.05) is 12.8 Å². The van der Waals surface area contributed by atoms with Crippen LogP contribution in [0.3, 0.4) is 0 Å². The molecular weight excluding hydrogens is 372 g/mol. The molecule has 1 aliphatic carbocycles. The molecule has 1 aliphatic heterocycles. The maximum Gasteiger partial charge on any atom is 0.253 e. The Morgan fingerprint density at radius 3 is 2.61 bits per heavy atom. The van der Waals surface area contributed by atoms with Crippen molar-refractivity contribution >= 4 is 23.6 Å². The summed E-state index contributed by atoms with van der Waals surface area (Å²) in [6, 6.07) is 11.8. The van der Waals surface area contributed by atoms with Crippen LogP contribution >= 0.6 is 11.8 Å². The molecule has 0 bridgehead atoms. The van der Waals surface area contributed by atoms with E-state index in [0.717, 1.165) is 24.2 Å². The van der Waals surface area contributed by atoms with Gasteiger partial charge in [-0.15, -0.1) is 11.8 Å². The lowest BCUT2D eigenvalue weighted by molar-refractivity contribution is -0.128. The molecule has 1 aromatic carbocycles. The average molecular weight is 399 g/mol. The fourth-order valence-corrected chi connectivity index (χ4v) is 5.29. The fraction of sp³-hybridized carbons (Fsp3) is 0.455. The minimum absolute atomic E-state index is 0.0437. The van der Waals surface area contributed by atoms with E-state index in [1.165, 1.54) is 19.3 Å². The minimum atomic E-state index is -0.0437. The number of carbonyl (C=O) groups is 2. The van der Waals surface area contributed by atoms with E-state index >= 15 is 0 Å². The smallest absolute Gasteiger partial charge is 0.253 e. The maximum atomic E-state index is 12.8. The first-order valence-electron chi connectivity index (χ1n) is 9.94. The van der Waals surface area contributed by atoms with Crippen molar-refractivity contribution in [1.29, 1.82) is 0 Å². The molecule has 1 saturated heterocycles. The third-order valence-corrected chi connectivity index (χ3v) is 7.02. The number of furan rings is 1. The molecule has 148 valence electrons. The lowest BCUT2D eigenvalue weighted by Crippen LogP contribution is -2.38. The molecule has 0 N–H and O–H groups in total. The van der Waals surface area contributed by atoms with Gasteiger partial charge in [-0.3, -0.25) is 9.59 Å². The second kappa shape index (κ2) is 8.43. The highest BCUT2D eigenvalue weighted by molar-refractivity contribution is 8.00. The molecular formula is C22H26N2O3S. The molecule has 5 nitrogen and oxygen atoms in total. The van der Waals surface area contributed by atoms with Crippen LogP contribution in [0, 0.1) is 0 Å². The van der Waals surface area contributed by atoms with E-state index in [1.54, 1.807) is 18.0 Å². The molecule has 2 aromatic rings. The number of benzene rings is 1. The van der Waals surface area contributed by atoms with Crippen LogP contribution in [0.1, 0.15) is 59.2 Å². The summed E-state index contributed by atoms with van der Waals surface area (Å²) in [4.78, 5) is 28.9. The summed E-state index contributed by atoms with van der Waals surface area (Å²) in [5.74, 6) is 1.45. The summed E-state index contributed by atoms with van der Waals surface area (Å²) in [5.41, 5.74) is 1.75. The van der Waals surface area contributed by atoms with Gasteiger partial charge in [-0.1, -0.05) is 31.4 Å². The first-order chi connectivity index (χ1) is 13.6. The van der Waals surface area contributed by atoms with E-state index < -0.39 is 0 Å². The van der Waals surface area contributed by atoms with Crippen LogP contribution in [-0.4, -0.2) is 40.5 Å². The lowest BCUT2D eigenvalue weighted by atomic mass is 9.94. The Balaban J connectivity index is 1.46. The Labute approximate surface area is 170 Å². The van der Waals surface area contributed by atoms with E-state index in [1.807, 2.05) is 53.2 Å². The van der Waals surface area contributed by atoms with Crippen molar-refractivity contribution in [2.24, 2.45) is 0 Å². The van der Waals surface area contributed by atoms with Crippen LogP contribution in [0.4, 0.5) is 0 Å². The van der Waals surface area contributed by atoms with Crippen molar-refractivity contribution < 1.29 is 14.0 Å². The van der Waals surface area contributed by atoms with Crippen LogP contribution in [0.2, 0.25) is 0 Å². The number of nitrogens with zero attached hydrogens (tertiary/aromatic N) is 2. The van der Waals surface area contributed by atoms with E-state index in [2.05, 4.69) is 0 Å². The zero-order chi connectivity index (χ0) is 19.5. The average Bonchev–Trinajstić information content (AvgIpc) is 3.38. The molecule has 0 spiro atoms. The first-order valence-corrected chi connectivity index (χ1v) is 11.0. The zero-order valence-electron chi connectivity index (χ0n) is 16.2. The van der Waals surface area contributed by atoms with E-state index in [-0.39, 0.29) is 17.2 Å². The van der Waals surface area contributed by atoms with Gasteiger partial charge in [0, 0.05) is 18.7 Å². The number of carbonyl (C=O) groups excluding carboxylic acids is 2. The number of hydrogen-bond donors (Lipinski definition) is 0. The van der Waals surface area contributed by atoms with Crippen LogP contribution in [0.25, 0.3) is 0 Å². The topological polar surface area (TPSA) is 53.8 Å². The summed E-state index contributed by atoms with van der Waals surface area (Å²) < 4.78 is 5.41. The summed E-state index contributed by atoms with van der Waals surface area (Å²) >= 11 is 1.62. The Morgan fingerprint density at radius 2 is 1.93 bits per heavy atom. The zero-order valence-corrected chi connectivity index (χ0v) is 17.0. The van der Waals surface area contributed by atoms with Gasteiger partial charge in [0.2, 0.25) is 5.91 Å². The SMILES string of the molecule is CN(C(=O)c1ccc([C@H]2SCC(=O)N2Cc2ccco2)cc1)C1CCCCC1. The standard InChI is InChI=1S/C22H26N2O3S/c1-23(18-6-3-2-4-7-18)21(26)16-9-11-17(12-10-16)22-24(20(25)15-28-22)14-19-8-5-13-27-19/h5,8-13,18,22H,2-4,6-7,14-15H2,1H3/t22-/m1/s1. The fourth-order valence-electron chi connectivity index (χ4n) is 4.10. The molecule has 1 aromatic heterocycles. The third-order valence-electron chi connectivity index (χ3n) is 5.76. The summed E-state index contributed by atoms with van der Waals surface area (Å²) in [6.45, 7) is 0.467. The molecule has 2 aliphatic rings. The molecule has 0 unspecified atom stereocenters. The Bertz CT molecular complexity index is 813. The molecule has 2 amide bonds. The van der Waals surface area contributed by atoms with Crippen LogP contribution < -0.4 is 0 Å². The molecule has 28 heavy (non-hydrogen) atoms. The van der Waals surface area contributed by atoms with Crippen molar-refractivity contribution in [3.8, 4) is 0 Å². The molecule has 4 rings (SSSR count). The van der Waals surface area contributed by atoms with Gasteiger partial charge in [0.25, 0.3) is 5.91 Å². The predicted molar refractivity (Wildman–Crippen MR) is 110 cm³/mol. The molecule has 2 fully saturated rings. The van der Waals surface area contributed by atoms with Gasteiger partial charge in [-0.25, -0.2) is 0 Å². The monoisotopic (exact) mass is 398 g/mol. The van der Waals surface area contributed by atoms with E-state index in [4.69, 9.17) is 4.42 Å². The van der Waals surface area contributed by atoms with Crippen LogP contribution in [0.5, 0.6) is 0 Å². The summed E-state index contributed by atoms with van der Waals surface area (Å²) in [6.07, 6.45) is 7.52. The van der Waals surface area contributed by atoms with E-state index in [9.17, 15) is 9.59 Å². The molecule has 1 saturated carbocycles. The first kappa shape index (κ1) is 19.1. The highest BCUT2D eigenvalue weighted by atomic mass is 32.2. The highest BCUT2D eigenvalue weighted by Gasteiger charge is 2.33. The van der Waals surface area contributed by atoms with Gasteiger partial charge < -0.3 is 14.2 Å². The number of thioether (sulfide) groups is 1. The highest BCUT2D eigenvalue weighted by Crippen LogP contribution is 2.39. The Morgan fingerprint density at radius 1 is 1.18 bits per heavy atom. The minimum Gasteiger partial charge on any atom is -0.467 e. The van der Waals surface area contributed by atoms with Gasteiger partial charge in [0.1, 0.15) is 11.1 Å². The van der Waals surface area contributed by atoms with Crippen molar-refractivity contribution in [2.45, 2.75) is 50.1 Å². The van der Waals surface area contributed by atoms with Gasteiger partial charge in [-0.2, -0.15) is 0 Å². The Kier molecular flexibility index (Phi) is 5.76. The second-order valence-corrected chi connectivity index (χ2v) is 8.66. The van der Waals surface area contributed by atoms with Crippen molar-refractivity contribution in [3.05, 3.63) is 59.5 Å². The number of amides is 2. The summed E-state index contributed by atoms with van der Waals surface area (Å²) in [5, 5.41) is -0.0437. The van der Waals surface area contributed by atoms with E-state index in [0.29, 0.717) is 23.9 Å². The quantitative estimate of drug-likeness (QED) is 0.746. The van der Waals surface area contributed by atoms with Gasteiger partial charge in [0.15, 0.2) is 0 Å². The maximum absolute atomic E-state index is 12.8. The third kappa shape index (κ3) is 3.97. The van der Waals surface area contributed by atoms with Crippen LogP contribution in [0.15, 0.2) is 47.1 Å². The normalized spacial score (nSPS) is 20.5. The number of rotatable bonds is 5. The van der Waals surface area contributed by atoms with Crippen LogP contribution in [-0.2, 0) is 11.3 Å². The van der Waals surface area contributed by atoms with Gasteiger partial charge in [0.05, 0.1) is 18.6 Å². The van der Waals surface area contributed by atoms with Crippen molar-refractivity contribution in [1.82, 2.24) is 9.80 Å². The summed E-state index contributed by atoms with van der Waals surface area (Å²) in [7, 11) is 1.92. The lowest BCUT2D eigenvalue weighted by Gasteiger charge is -2.31.